The topological polar surface area (TPSA) is 423 Å². The van der Waals surface area contributed by atoms with Crippen LogP contribution in [0.25, 0.3) is 5.57 Å². The van der Waals surface area contributed by atoms with Gasteiger partial charge in [-0.3, -0.25) is 28.9 Å². The third-order valence-electron chi connectivity index (χ3n) is 21.1. The lowest BCUT2D eigenvalue weighted by Gasteiger charge is -2.39. The highest BCUT2D eigenvalue weighted by molar-refractivity contribution is 6.13. The standard InChI is InChI=1S/C18H21N5O.C17H19N5O.C16H17N5O.C16H16N4O.C15H17N5O/c19-18-14(5-2-8-20-18)17(24)15-6-1-7-16(21-15)23-11-10-22-9-3-4-13(22)12-23;18-17-13(3-2-8-19-17)16(23)14-4-1-5-15(21-14)22-9-11-6-7-12(10-22)20-11;17-16-12(3-2-6-18-16)15(22)13-4-1-5-14(20-13)21-9-10-7-11(21)8-19-10;17-16-12(3-2-8-19-16)15(21)14-5-1-4-13(20-14)11-6-9-18-10-7-11;16-7-10-8-20(9-10)13-5-1-4-12(19-13)14(21)11-3-2-6-18-15(11)17/h1-2,5-8,13H,3-4,9-12H2,(H2,19,20);1-5,8,11-12,20H,6-7,9-10H2,(H2,18,19);1-6,10-11,19H,7-9H2,(H2,17,18);1-6,8,18H,7,9-10H2,(H2,17,19);1-6,10H,7-9,16H2,(H2,17,18)/t13-;;10-,11-;;/m0.1../s1. The molecule has 15 N–H and O–H groups in total. The van der Waals surface area contributed by atoms with E-state index in [4.69, 9.17) is 34.4 Å². The van der Waals surface area contributed by atoms with Gasteiger partial charge in [-0.25, -0.2) is 49.8 Å². The summed E-state index contributed by atoms with van der Waals surface area (Å²) in [6, 6.07) is 47.3. The van der Waals surface area contributed by atoms with Crippen LogP contribution in [0.5, 0.6) is 0 Å². The molecule has 5 atom stereocenters. The summed E-state index contributed by atoms with van der Waals surface area (Å²) in [6.45, 7) is 12.3. The first-order chi connectivity index (χ1) is 54.1. The van der Waals surface area contributed by atoms with E-state index in [-0.39, 0.29) is 58.0 Å². The minimum absolute atomic E-state index is 0.179. The van der Waals surface area contributed by atoms with Crippen molar-refractivity contribution in [2.24, 2.45) is 11.7 Å². The molecule has 8 aliphatic heterocycles. The van der Waals surface area contributed by atoms with Gasteiger partial charge < -0.3 is 70.0 Å². The summed E-state index contributed by atoms with van der Waals surface area (Å²) >= 11 is 0. The SMILES string of the molecule is NCC1CN(c2cccc(C(=O)c3cccnc3N)n2)C1.Nc1ncccc1C(=O)c1cccc(C2=CCNCC2)n1.Nc1ncccc1C(=O)c1cccc(N2CC3CCC(C2)N3)n1.Nc1ncccc1C(=O)c1cccc(N2CCN3CCC[C@H]3C2)n1.Nc1ncccc1C(=O)c1cccc(N2C[C@H]3C[C@@H]2CN3)n1. The first-order valence-electron chi connectivity index (χ1n) is 37.6. The number of fused-ring (bicyclic) bond motifs is 5. The van der Waals surface area contributed by atoms with E-state index in [0.717, 1.165) is 114 Å². The molecule has 29 nitrogen and oxygen atoms in total. The molecule has 10 aromatic rings. The Morgan fingerprint density at radius 2 is 0.838 bits per heavy atom. The van der Waals surface area contributed by atoms with Crippen LogP contribution in [0.4, 0.5) is 52.4 Å². The van der Waals surface area contributed by atoms with Crippen LogP contribution < -0.4 is 70.0 Å². The number of aromatic nitrogens is 10. The number of anilines is 9. The Morgan fingerprint density at radius 1 is 0.414 bits per heavy atom. The van der Waals surface area contributed by atoms with E-state index in [0.29, 0.717) is 99.0 Å². The van der Waals surface area contributed by atoms with Gasteiger partial charge in [0.1, 0.15) is 80.8 Å². The molecule has 7 saturated heterocycles. The average molecular weight is 1490 g/mol. The molecule has 18 heterocycles. The number of carbonyl (C=O) groups is 5. The molecular weight excluding hydrogens is 1400 g/mol. The third kappa shape index (κ3) is 17.8. The zero-order chi connectivity index (χ0) is 76.9. The van der Waals surface area contributed by atoms with Gasteiger partial charge in [0, 0.05) is 133 Å². The van der Waals surface area contributed by atoms with Crippen LogP contribution in [0.2, 0.25) is 0 Å². The molecule has 8 aliphatic rings. The lowest BCUT2D eigenvalue weighted by molar-refractivity contribution is 0.102. The summed E-state index contributed by atoms with van der Waals surface area (Å²) in [5, 5.41) is 10.3. The molecule has 29 heteroatoms. The van der Waals surface area contributed by atoms with Gasteiger partial charge in [0.15, 0.2) is 0 Å². The third-order valence-corrected chi connectivity index (χ3v) is 21.1. The summed E-state index contributed by atoms with van der Waals surface area (Å²) in [7, 11) is 0. The molecule has 7 fully saturated rings. The van der Waals surface area contributed by atoms with Gasteiger partial charge in [0.2, 0.25) is 28.9 Å². The average Bonchev–Trinajstić information content (AvgIpc) is 1.62. The van der Waals surface area contributed by atoms with E-state index in [1.807, 2.05) is 60.7 Å². The lowest BCUT2D eigenvalue weighted by atomic mass is 10.0. The van der Waals surface area contributed by atoms with Crippen LogP contribution in [0.1, 0.15) is 124 Å². The Bertz CT molecular complexity index is 5050. The molecule has 0 aromatic carbocycles. The highest BCUT2D eigenvalue weighted by Gasteiger charge is 2.39. The Morgan fingerprint density at radius 3 is 1.25 bits per heavy atom. The number of ketones is 5. The van der Waals surface area contributed by atoms with E-state index >= 15 is 0 Å². The van der Waals surface area contributed by atoms with Crippen LogP contribution >= 0.6 is 0 Å². The van der Waals surface area contributed by atoms with Gasteiger partial charge in [-0.05, 0) is 185 Å². The van der Waals surface area contributed by atoms with Crippen molar-refractivity contribution >= 4 is 86.9 Å². The molecule has 0 saturated carbocycles. The Labute approximate surface area is 642 Å². The highest BCUT2D eigenvalue weighted by atomic mass is 16.1. The summed E-state index contributed by atoms with van der Waals surface area (Å²) in [5.74, 6) is 4.13. The summed E-state index contributed by atoms with van der Waals surface area (Å²) in [6.07, 6.45) is 17.0. The number of hydrogen-bond acceptors (Lipinski definition) is 29. The maximum atomic E-state index is 12.7. The van der Waals surface area contributed by atoms with Crippen molar-refractivity contribution < 1.29 is 24.0 Å². The largest absolute Gasteiger partial charge is 0.383 e. The fourth-order valence-corrected chi connectivity index (χ4v) is 15.2. The normalized spacial score (nSPS) is 19.4. The van der Waals surface area contributed by atoms with E-state index in [1.54, 1.807) is 122 Å². The molecule has 568 valence electrons. The number of piperazine rings is 3. The second-order valence-electron chi connectivity index (χ2n) is 28.4. The number of rotatable bonds is 16. The fraction of sp³-hybridized carbons (Fsp3) is 0.305. The summed E-state index contributed by atoms with van der Waals surface area (Å²) in [4.78, 5) is 117. The van der Waals surface area contributed by atoms with Crippen LogP contribution in [-0.4, -0.2) is 199 Å². The van der Waals surface area contributed by atoms with Crippen molar-refractivity contribution in [2.75, 3.05) is 133 Å². The number of nitrogen functional groups attached to an aromatic ring is 5. The highest BCUT2D eigenvalue weighted by Crippen LogP contribution is 2.32. The number of nitrogens with zero attached hydrogens (tertiary/aromatic N) is 15. The minimum Gasteiger partial charge on any atom is -0.383 e. The Kier molecular flexibility index (Phi) is 23.7. The quantitative estimate of drug-likeness (QED) is 0.0501. The maximum Gasteiger partial charge on any atom is 0.215 e. The summed E-state index contributed by atoms with van der Waals surface area (Å²) in [5.41, 5.74) is 40.6. The monoisotopic (exact) mass is 1490 g/mol. The van der Waals surface area contributed by atoms with Crippen LogP contribution in [-0.2, 0) is 0 Å². The number of pyridine rings is 10. The molecule has 0 amide bonds. The van der Waals surface area contributed by atoms with Gasteiger partial charge in [-0.1, -0.05) is 36.4 Å². The second kappa shape index (κ2) is 34.9. The molecule has 0 aliphatic carbocycles. The predicted octanol–water partition coefficient (Wildman–Crippen LogP) is 6.00. The molecule has 4 bridgehead atoms. The smallest absolute Gasteiger partial charge is 0.215 e. The zero-order valence-electron chi connectivity index (χ0n) is 61.5. The maximum absolute atomic E-state index is 12.7. The molecule has 18 rings (SSSR count). The van der Waals surface area contributed by atoms with Crippen molar-refractivity contribution in [1.82, 2.24) is 70.7 Å². The first kappa shape index (κ1) is 75.4. The van der Waals surface area contributed by atoms with E-state index in [2.05, 4.69) is 96.4 Å². The first-order valence-corrected chi connectivity index (χ1v) is 37.6. The van der Waals surface area contributed by atoms with Crippen molar-refractivity contribution in [3.05, 3.63) is 251 Å². The van der Waals surface area contributed by atoms with Crippen molar-refractivity contribution in [2.45, 2.75) is 68.7 Å². The molecule has 2 unspecified atom stereocenters. The molecule has 0 spiro atoms. The molecule has 0 radical (unpaired) electrons. The number of nitrogens with two attached hydrogens (primary N) is 6. The van der Waals surface area contributed by atoms with Gasteiger partial charge in [0.25, 0.3) is 0 Å². The lowest BCUT2D eigenvalue weighted by Crippen LogP contribution is -2.51. The van der Waals surface area contributed by atoms with Crippen molar-refractivity contribution in [3.8, 4) is 0 Å². The van der Waals surface area contributed by atoms with E-state index in [1.165, 1.54) is 37.8 Å². The van der Waals surface area contributed by atoms with Crippen LogP contribution in [0.15, 0.2) is 189 Å². The Balaban J connectivity index is 0.000000116. The molecule has 111 heavy (non-hydrogen) atoms. The number of hydrogen-bond donors (Lipinski definition) is 9. The zero-order valence-corrected chi connectivity index (χ0v) is 61.5. The van der Waals surface area contributed by atoms with E-state index < -0.39 is 0 Å². The van der Waals surface area contributed by atoms with Gasteiger partial charge in [-0.2, -0.15) is 0 Å². The molecular formula is C82H90N24O5. The van der Waals surface area contributed by atoms with Crippen LogP contribution in [0.3, 0.4) is 0 Å². The molecule has 10 aromatic heterocycles. The van der Waals surface area contributed by atoms with Gasteiger partial charge in [0.05, 0.1) is 33.5 Å². The van der Waals surface area contributed by atoms with Gasteiger partial charge >= 0.3 is 0 Å². The van der Waals surface area contributed by atoms with Crippen LogP contribution in [0, 0.1) is 5.92 Å². The van der Waals surface area contributed by atoms with E-state index in [9.17, 15) is 24.0 Å². The van der Waals surface area contributed by atoms with Crippen molar-refractivity contribution in [1.29, 1.82) is 0 Å². The minimum atomic E-state index is -0.210. The van der Waals surface area contributed by atoms with Gasteiger partial charge in [-0.15, -0.1) is 0 Å². The Hall–Kier alpha value is -12.4. The fourth-order valence-electron chi connectivity index (χ4n) is 15.2. The predicted molar refractivity (Wildman–Crippen MR) is 428 cm³/mol. The summed E-state index contributed by atoms with van der Waals surface area (Å²) < 4.78 is 0. The number of nitrogens with one attached hydrogen (secondary N) is 3. The number of carbonyl (C=O) groups excluding carboxylic acids is 5. The second-order valence-corrected chi connectivity index (χ2v) is 28.4. The van der Waals surface area contributed by atoms with Crippen molar-refractivity contribution in [3.63, 3.8) is 0 Å².